The van der Waals surface area contributed by atoms with Crippen LogP contribution in [0.1, 0.15) is 11.6 Å². The van der Waals surface area contributed by atoms with Crippen LogP contribution >= 0.6 is 23.2 Å². The van der Waals surface area contributed by atoms with E-state index in [1.54, 1.807) is 6.07 Å². The smallest absolute Gasteiger partial charge is 0.240 e. The Bertz CT molecular complexity index is 905. The van der Waals surface area contributed by atoms with Crippen LogP contribution in [-0.2, 0) is 14.8 Å². The van der Waals surface area contributed by atoms with Crippen molar-refractivity contribution in [1.29, 1.82) is 0 Å². The van der Waals surface area contributed by atoms with Gasteiger partial charge in [0.15, 0.2) is 0 Å². The second kappa shape index (κ2) is 8.86. The normalized spacial score (nSPS) is 17.0. The molecule has 1 atom stereocenters. The maximum absolute atomic E-state index is 13.3. The predicted octanol–water partition coefficient (Wildman–Crippen LogP) is 3.48. The highest BCUT2D eigenvalue weighted by molar-refractivity contribution is 7.89. The van der Waals surface area contributed by atoms with E-state index in [0.717, 1.165) is 17.7 Å². The van der Waals surface area contributed by atoms with Crippen molar-refractivity contribution in [2.75, 3.05) is 32.8 Å². The Morgan fingerprint density at radius 2 is 1.81 bits per heavy atom. The summed E-state index contributed by atoms with van der Waals surface area (Å²) in [7, 11) is -3.86. The fraction of sp³-hybridized carbons (Fsp3) is 0.333. The molecule has 0 saturated carbocycles. The van der Waals surface area contributed by atoms with Crippen LogP contribution in [0.25, 0.3) is 0 Å². The second-order valence-electron chi connectivity index (χ2n) is 6.11. The summed E-state index contributed by atoms with van der Waals surface area (Å²) in [5.41, 5.74) is 0.834. The van der Waals surface area contributed by atoms with E-state index in [0.29, 0.717) is 31.3 Å². The monoisotopic (exact) mass is 432 g/mol. The summed E-state index contributed by atoms with van der Waals surface area (Å²) in [5, 5.41) is 0.326. The van der Waals surface area contributed by atoms with Gasteiger partial charge in [-0.25, -0.2) is 17.5 Å². The molecule has 9 heteroatoms. The fourth-order valence-corrected chi connectivity index (χ4v) is 4.56. The Kier molecular flexibility index (Phi) is 6.73. The minimum absolute atomic E-state index is 0.0891. The summed E-state index contributed by atoms with van der Waals surface area (Å²) in [6.45, 7) is 2.59. The van der Waals surface area contributed by atoms with Crippen molar-refractivity contribution < 1.29 is 17.5 Å². The summed E-state index contributed by atoms with van der Waals surface area (Å²) in [6, 6.07) is 10.4. The van der Waals surface area contributed by atoms with Gasteiger partial charge in [0.1, 0.15) is 5.82 Å². The molecule has 5 nitrogen and oxygen atoms in total. The first kappa shape index (κ1) is 20.5. The molecule has 0 radical (unpaired) electrons. The number of benzene rings is 2. The Morgan fingerprint density at radius 3 is 2.48 bits per heavy atom. The van der Waals surface area contributed by atoms with Crippen LogP contribution in [0, 0.1) is 5.82 Å². The lowest BCUT2D eigenvalue weighted by Gasteiger charge is -2.35. The second-order valence-corrected chi connectivity index (χ2v) is 8.69. The van der Waals surface area contributed by atoms with E-state index in [-0.39, 0.29) is 22.5 Å². The molecule has 1 fully saturated rings. The van der Waals surface area contributed by atoms with E-state index in [1.165, 1.54) is 6.07 Å². The summed E-state index contributed by atoms with van der Waals surface area (Å²) in [4.78, 5) is 2.04. The van der Waals surface area contributed by atoms with Crippen molar-refractivity contribution in [3.8, 4) is 0 Å². The molecule has 0 bridgehead atoms. The molecular formula is C18H19Cl2FN2O3S. The van der Waals surface area contributed by atoms with E-state index < -0.39 is 15.8 Å². The quantitative estimate of drug-likeness (QED) is 0.758. The van der Waals surface area contributed by atoms with Crippen molar-refractivity contribution in [2.24, 2.45) is 0 Å². The number of nitrogens with zero attached hydrogens (tertiary/aromatic N) is 1. The third-order valence-electron chi connectivity index (χ3n) is 4.42. The number of morpholine rings is 1. The van der Waals surface area contributed by atoms with Crippen molar-refractivity contribution in [2.45, 2.75) is 10.9 Å². The van der Waals surface area contributed by atoms with E-state index >= 15 is 0 Å². The molecule has 1 unspecified atom stereocenters. The number of ether oxygens (including phenoxy) is 1. The number of halogens is 3. The van der Waals surface area contributed by atoms with Gasteiger partial charge in [0, 0.05) is 30.7 Å². The van der Waals surface area contributed by atoms with Gasteiger partial charge in [-0.05, 0) is 29.8 Å². The number of sulfonamides is 1. The van der Waals surface area contributed by atoms with E-state index in [2.05, 4.69) is 9.62 Å². The first-order valence-electron chi connectivity index (χ1n) is 8.39. The summed E-state index contributed by atoms with van der Waals surface area (Å²) < 4.78 is 46.6. The lowest BCUT2D eigenvalue weighted by atomic mass is 10.0. The maximum atomic E-state index is 13.3. The van der Waals surface area contributed by atoms with Gasteiger partial charge >= 0.3 is 0 Å². The van der Waals surface area contributed by atoms with Gasteiger partial charge in [0.25, 0.3) is 0 Å². The molecular weight excluding hydrogens is 414 g/mol. The Morgan fingerprint density at radius 1 is 1.11 bits per heavy atom. The SMILES string of the molecule is O=S(=O)(NCC(c1ccccc1Cl)N1CCOCC1)c1ccc(F)c(Cl)c1. The van der Waals surface area contributed by atoms with Crippen LogP contribution in [-0.4, -0.2) is 46.2 Å². The molecule has 0 aromatic heterocycles. The number of hydrogen-bond donors (Lipinski definition) is 1. The first-order valence-corrected chi connectivity index (χ1v) is 10.6. The fourth-order valence-electron chi connectivity index (χ4n) is 2.99. The number of rotatable bonds is 6. The zero-order valence-electron chi connectivity index (χ0n) is 14.4. The summed E-state index contributed by atoms with van der Waals surface area (Å²) >= 11 is 12.1. The third-order valence-corrected chi connectivity index (χ3v) is 6.47. The molecule has 2 aromatic carbocycles. The maximum Gasteiger partial charge on any atom is 0.240 e. The predicted molar refractivity (Wildman–Crippen MR) is 103 cm³/mol. The molecule has 27 heavy (non-hydrogen) atoms. The molecule has 1 aliphatic heterocycles. The largest absolute Gasteiger partial charge is 0.379 e. The van der Waals surface area contributed by atoms with Gasteiger partial charge in [-0.2, -0.15) is 0 Å². The van der Waals surface area contributed by atoms with Gasteiger partial charge in [-0.1, -0.05) is 41.4 Å². The first-order chi connectivity index (χ1) is 12.9. The number of nitrogens with one attached hydrogen (secondary N) is 1. The van der Waals surface area contributed by atoms with Crippen LogP contribution in [0.5, 0.6) is 0 Å². The van der Waals surface area contributed by atoms with E-state index in [4.69, 9.17) is 27.9 Å². The van der Waals surface area contributed by atoms with Crippen LogP contribution < -0.4 is 4.72 Å². The topological polar surface area (TPSA) is 58.6 Å². The average Bonchev–Trinajstić information content (AvgIpc) is 2.66. The minimum atomic E-state index is -3.86. The summed E-state index contributed by atoms with van der Waals surface area (Å²) in [6.07, 6.45) is 0. The Hall–Kier alpha value is -1.22. The zero-order chi connectivity index (χ0) is 19.4. The van der Waals surface area contributed by atoms with Crippen molar-refractivity contribution in [3.63, 3.8) is 0 Å². The molecule has 3 rings (SSSR count). The molecule has 0 aliphatic carbocycles. The Labute approximate surface area is 168 Å². The zero-order valence-corrected chi connectivity index (χ0v) is 16.7. The third kappa shape index (κ3) is 4.99. The van der Waals surface area contributed by atoms with Crippen LogP contribution in [0.3, 0.4) is 0 Å². The Balaban J connectivity index is 1.83. The minimum Gasteiger partial charge on any atom is -0.379 e. The lowest BCUT2D eigenvalue weighted by Crippen LogP contribution is -2.43. The standard InChI is InChI=1S/C18H19Cl2FN2O3S/c19-15-4-2-1-3-14(15)18(23-7-9-26-10-8-23)12-22-27(24,25)13-5-6-17(21)16(20)11-13/h1-6,11,18,22H,7-10,12H2. The molecule has 0 spiro atoms. The highest BCUT2D eigenvalue weighted by Gasteiger charge is 2.26. The van der Waals surface area contributed by atoms with E-state index in [1.807, 2.05) is 18.2 Å². The van der Waals surface area contributed by atoms with Gasteiger partial charge in [0.05, 0.1) is 23.1 Å². The van der Waals surface area contributed by atoms with E-state index in [9.17, 15) is 12.8 Å². The van der Waals surface area contributed by atoms with Crippen molar-refractivity contribution in [1.82, 2.24) is 9.62 Å². The van der Waals surface area contributed by atoms with Gasteiger partial charge < -0.3 is 4.74 Å². The highest BCUT2D eigenvalue weighted by Crippen LogP contribution is 2.28. The molecule has 0 amide bonds. The van der Waals surface area contributed by atoms with Crippen LogP contribution in [0.15, 0.2) is 47.4 Å². The van der Waals surface area contributed by atoms with Gasteiger partial charge in [-0.3, -0.25) is 4.90 Å². The van der Waals surface area contributed by atoms with Gasteiger partial charge in [0.2, 0.25) is 10.0 Å². The van der Waals surface area contributed by atoms with Crippen LogP contribution in [0.2, 0.25) is 10.0 Å². The van der Waals surface area contributed by atoms with Crippen LogP contribution in [0.4, 0.5) is 4.39 Å². The molecule has 1 N–H and O–H groups in total. The lowest BCUT2D eigenvalue weighted by molar-refractivity contribution is 0.0172. The summed E-state index contributed by atoms with van der Waals surface area (Å²) in [5.74, 6) is -0.669. The molecule has 1 heterocycles. The van der Waals surface area contributed by atoms with Crippen molar-refractivity contribution in [3.05, 3.63) is 63.9 Å². The molecule has 146 valence electrons. The molecule has 2 aromatic rings. The molecule has 1 saturated heterocycles. The van der Waals surface area contributed by atoms with Crippen molar-refractivity contribution >= 4 is 33.2 Å². The molecule has 1 aliphatic rings. The number of hydrogen-bond acceptors (Lipinski definition) is 4. The highest BCUT2D eigenvalue weighted by atomic mass is 35.5. The van der Waals surface area contributed by atoms with Gasteiger partial charge in [-0.15, -0.1) is 0 Å². The average molecular weight is 433 g/mol.